The molecule has 2 aromatic heterocycles. The van der Waals surface area contributed by atoms with Crippen molar-refractivity contribution >= 4 is 30.1 Å². The molecule has 10 nitrogen and oxygen atoms in total. The molecule has 2 N–H and O–H groups in total. The van der Waals surface area contributed by atoms with E-state index in [0.29, 0.717) is 23.7 Å². The van der Waals surface area contributed by atoms with Gasteiger partial charge in [-0.15, -0.1) is 16.4 Å². The SMILES string of the molecule is COc1cc(COc2nn(-c3ccccc3)cc2C=CP(=O)(O)O)ccc1OCc1nc(N2CCCCC2)sc1C. The second-order valence-electron chi connectivity index (χ2n) is 9.68. The first-order valence-corrected chi connectivity index (χ1v) is 15.8. The quantitative estimate of drug-likeness (QED) is 0.203. The number of aryl methyl sites for hydroxylation is 1. The fraction of sp³-hybridized carbons (Fsp3) is 0.310. The fourth-order valence-electron chi connectivity index (χ4n) is 4.47. The summed E-state index contributed by atoms with van der Waals surface area (Å²) in [5.41, 5.74) is 2.96. The van der Waals surface area contributed by atoms with E-state index >= 15 is 0 Å². The van der Waals surface area contributed by atoms with Crippen molar-refractivity contribution in [3.63, 3.8) is 0 Å². The summed E-state index contributed by atoms with van der Waals surface area (Å²) in [4.78, 5) is 27.0. The molecule has 5 rings (SSSR count). The van der Waals surface area contributed by atoms with Gasteiger partial charge in [0.1, 0.15) is 13.2 Å². The highest BCUT2D eigenvalue weighted by molar-refractivity contribution is 7.55. The Hall–Kier alpha value is -3.63. The molecule has 0 spiro atoms. The highest BCUT2D eigenvalue weighted by Gasteiger charge is 2.18. The zero-order chi connectivity index (χ0) is 28.8. The van der Waals surface area contributed by atoms with Crippen LogP contribution in [0.5, 0.6) is 17.4 Å². The molecule has 12 heteroatoms. The number of hydrogen-bond acceptors (Lipinski definition) is 8. The number of para-hydroxylation sites is 1. The van der Waals surface area contributed by atoms with Crippen molar-refractivity contribution in [2.75, 3.05) is 25.1 Å². The zero-order valence-corrected chi connectivity index (χ0v) is 24.7. The number of piperidine rings is 1. The van der Waals surface area contributed by atoms with Crippen LogP contribution < -0.4 is 19.1 Å². The molecule has 0 bridgehead atoms. The third-order valence-electron chi connectivity index (χ3n) is 6.65. The summed E-state index contributed by atoms with van der Waals surface area (Å²) in [6.07, 6.45) is 6.67. The van der Waals surface area contributed by atoms with E-state index in [2.05, 4.69) is 16.9 Å². The van der Waals surface area contributed by atoms with Crippen molar-refractivity contribution in [1.29, 1.82) is 0 Å². The normalized spacial score (nSPS) is 14.0. The van der Waals surface area contributed by atoms with Crippen molar-refractivity contribution in [3.05, 3.63) is 82.2 Å². The van der Waals surface area contributed by atoms with E-state index in [4.69, 9.17) is 19.2 Å². The van der Waals surface area contributed by atoms with Crippen molar-refractivity contribution in [3.8, 4) is 23.1 Å². The summed E-state index contributed by atoms with van der Waals surface area (Å²) in [5.74, 6) is 2.23. The van der Waals surface area contributed by atoms with Gasteiger partial charge in [-0.1, -0.05) is 24.3 Å². The standard InChI is InChI=1S/C29H33N4O6PS/c1-21-25(30-29(41-21)32-14-7-4-8-15-32)20-38-26-12-11-22(17-27(26)37-2)19-39-28-23(13-16-40(34,35)36)18-33(31-28)24-9-5-3-6-10-24/h3,5-6,9-13,16-18H,4,7-8,14-15,19-20H2,1-2H3,(H2,34,35,36). The van der Waals surface area contributed by atoms with E-state index in [1.54, 1.807) is 29.3 Å². The van der Waals surface area contributed by atoms with E-state index in [0.717, 1.165) is 45.9 Å². The summed E-state index contributed by atoms with van der Waals surface area (Å²) in [5, 5.41) is 5.55. The van der Waals surface area contributed by atoms with E-state index in [-0.39, 0.29) is 12.5 Å². The molecule has 0 unspecified atom stereocenters. The van der Waals surface area contributed by atoms with Crippen LogP contribution in [-0.4, -0.2) is 44.8 Å². The van der Waals surface area contributed by atoms with Gasteiger partial charge in [-0.05, 0) is 62.1 Å². The summed E-state index contributed by atoms with van der Waals surface area (Å²) in [6, 6.07) is 14.9. The van der Waals surface area contributed by atoms with Crippen LogP contribution in [0.3, 0.4) is 0 Å². The largest absolute Gasteiger partial charge is 0.493 e. The number of anilines is 1. The van der Waals surface area contributed by atoms with Gasteiger partial charge in [0, 0.05) is 30.0 Å². The number of nitrogens with zero attached hydrogens (tertiary/aromatic N) is 4. The van der Waals surface area contributed by atoms with Gasteiger partial charge in [0.2, 0.25) is 5.88 Å². The zero-order valence-electron chi connectivity index (χ0n) is 23.0. The number of aromatic nitrogens is 3. The first-order chi connectivity index (χ1) is 19.8. The predicted octanol–water partition coefficient (Wildman–Crippen LogP) is 5.94. The fourth-order valence-corrected chi connectivity index (χ4v) is 5.79. The molecule has 2 aromatic carbocycles. The lowest BCUT2D eigenvalue weighted by atomic mass is 10.1. The molecule has 1 aliphatic heterocycles. The topological polar surface area (TPSA) is 119 Å². The van der Waals surface area contributed by atoms with Crippen LogP contribution in [-0.2, 0) is 17.8 Å². The molecular formula is C29H33N4O6PS. The lowest BCUT2D eigenvalue weighted by Crippen LogP contribution is -2.29. The van der Waals surface area contributed by atoms with Crippen molar-refractivity contribution in [2.45, 2.75) is 39.4 Å². The lowest BCUT2D eigenvalue weighted by molar-refractivity contribution is 0.276. The first kappa shape index (κ1) is 28.9. The van der Waals surface area contributed by atoms with Gasteiger partial charge in [-0.3, -0.25) is 4.57 Å². The van der Waals surface area contributed by atoms with Crippen LogP contribution in [0.1, 0.15) is 41.0 Å². The molecule has 0 aliphatic carbocycles. The molecule has 1 aliphatic rings. The third-order valence-corrected chi connectivity index (χ3v) is 8.26. The molecule has 0 radical (unpaired) electrons. The van der Waals surface area contributed by atoms with Gasteiger partial charge in [-0.2, -0.15) is 0 Å². The Kier molecular flexibility index (Phi) is 9.09. The highest BCUT2D eigenvalue weighted by Crippen LogP contribution is 2.38. The van der Waals surface area contributed by atoms with Crippen LogP contribution in [0.4, 0.5) is 5.13 Å². The van der Waals surface area contributed by atoms with Crippen LogP contribution in [0, 0.1) is 6.92 Å². The Morgan fingerprint density at radius 1 is 1.02 bits per heavy atom. The predicted molar refractivity (Wildman–Crippen MR) is 159 cm³/mol. The number of rotatable bonds is 11. The van der Waals surface area contributed by atoms with Gasteiger partial charge in [0.05, 0.1) is 24.1 Å². The molecule has 3 heterocycles. The lowest BCUT2D eigenvalue weighted by Gasteiger charge is -2.25. The molecule has 41 heavy (non-hydrogen) atoms. The molecule has 216 valence electrons. The summed E-state index contributed by atoms with van der Waals surface area (Å²) < 4.78 is 30.7. The Labute approximate surface area is 243 Å². The Morgan fingerprint density at radius 2 is 1.80 bits per heavy atom. The number of ether oxygens (including phenoxy) is 3. The smallest absolute Gasteiger partial charge is 0.349 e. The molecule has 1 fully saturated rings. The summed E-state index contributed by atoms with van der Waals surface area (Å²) in [6.45, 7) is 4.68. The first-order valence-electron chi connectivity index (χ1n) is 13.3. The van der Waals surface area contributed by atoms with Gasteiger partial charge in [0.15, 0.2) is 16.6 Å². The van der Waals surface area contributed by atoms with Crippen molar-refractivity contribution in [1.82, 2.24) is 14.8 Å². The summed E-state index contributed by atoms with van der Waals surface area (Å²) in [7, 11) is -2.77. The molecule has 0 saturated carbocycles. The molecule has 1 saturated heterocycles. The minimum Gasteiger partial charge on any atom is -0.493 e. The van der Waals surface area contributed by atoms with Gasteiger partial charge in [0.25, 0.3) is 0 Å². The maximum absolute atomic E-state index is 11.4. The average Bonchev–Trinajstić information content (AvgIpc) is 3.57. The van der Waals surface area contributed by atoms with E-state index < -0.39 is 7.60 Å². The molecule has 0 atom stereocenters. The number of methoxy groups -OCH3 is 1. The van der Waals surface area contributed by atoms with E-state index in [9.17, 15) is 14.4 Å². The Morgan fingerprint density at radius 3 is 2.54 bits per heavy atom. The van der Waals surface area contributed by atoms with Gasteiger partial charge >= 0.3 is 7.60 Å². The van der Waals surface area contributed by atoms with Crippen LogP contribution in [0.2, 0.25) is 0 Å². The van der Waals surface area contributed by atoms with E-state index in [1.165, 1.54) is 25.3 Å². The van der Waals surface area contributed by atoms with Crippen LogP contribution >= 0.6 is 18.9 Å². The van der Waals surface area contributed by atoms with E-state index in [1.807, 2.05) is 48.5 Å². The molecule has 4 aromatic rings. The second-order valence-corrected chi connectivity index (χ2v) is 12.3. The maximum atomic E-state index is 11.4. The number of hydrogen-bond donors (Lipinski definition) is 2. The van der Waals surface area contributed by atoms with Gasteiger partial charge in [-0.25, -0.2) is 9.67 Å². The average molecular weight is 597 g/mol. The third kappa shape index (κ3) is 7.56. The minimum absolute atomic E-state index is 0.156. The summed E-state index contributed by atoms with van der Waals surface area (Å²) >= 11 is 1.71. The van der Waals surface area contributed by atoms with Crippen LogP contribution in [0.15, 0.2) is 60.5 Å². The number of benzene rings is 2. The number of thiazole rings is 1. The minimum atomic E-state index is -4.36. The monoisotopic (exact) mass is 596 g/mol. The Balaban J connectivity index is 1.27. The maximum Gasteiger partial charge on any atom is 0.349 e. The highest BCUT2D eigenvalue weighted by atomic mass is 32.1. The van der Waals surface area contributed by atoms with Crippen molar-refractivity contribution in [2.24, 2.45) is 0 Å². The van der Waals surface area contributed by atoms with Gasteiger partial charge < -0.3 is 28.9 Å². The second kappa shape index (κ2) is 12.9. The Bertz CT molecular complexity index is 1540. The molecule has 0 amide bonds. The van der Waals surface area contributed by atoms with Crippen LogP contribution in [0.25, 0.3) is 11.8 Å². The van der Waals surface area contributed by atoms with Crippen molar-refractivity contribution < 1.29 is 28.6 Å². The molecular weight excluding hydrogens is 563 g/mol.